The average Bonchev–Trinajstić information content (AvgIpc) is 2.65. The van der Waals surface area contributed by atoms with Crippen molar-refractivity contribution in [2.75, 3.05) is 12.4 Å². The van der Waals surface area contributed by atoms with Crippen molar-refractivity contribution in [2.45, 2.75) is 6.18 Å². The standard InChI is InChI=1S/C19H17F3N4O4/c1-30-15-9-13(4-2-10(15)3-5-16(27)28)25-17(29)11-6-12(19(20,21)22)8-14(7-11)26-18(23)24/h2-9H,1H3,(H,25,29)(H,27,28)(H4,23,24,26). The Morgan fingerprint density at radius 3 is 2.43 bits per heavy atom. The van der Waals surface area contributed by atoms with Crippen LogP contribution in [-0.2, 0) is 11.0 Å². The van der Waals surface area contributed by atoms with Crippen molar-refractivity contribution < 1.29 is 32.6 Å². The predicted octanol–water partition coefficient (Wildman–Crippen LogP) is 2.97. The van der Waals surface area contributed by atoms with Crippen molar-refractivity contribution in [3.05, 3.63) is 59.2 Å². The number of halogens is 3. The van der Waals surface area contributed by atoms with Crippen LogP contribution in [0.2, 0.25) is 0 Å². The Kier molecular flexibility index (Phi) is 6.67. The number of hydrogen-bond donors (Lipinski definition) is 4. The molecule has 0 radical (unpaired) electrons. The zero-order valence-corrected chi connectivity index (χ0v) is 15.5. The molecule has 0 saturated carbocycles. The highest BCUT2D eigenvalue weighted by molar-refractivity contribution is 6.05. The molecule has 2 aromatic carbocycles. The Morgan fingerprint density at radius 1 is 1.17 bits per heavy atom. The monoisotopic (exact) mass is 422 g/mol. The molecule has 158 valence electrons. The lowest BCUT2D eigenvalue weighted by atomic mass is 10.1. The van der Waals surface area contributed by atoms with Gasteiger partial charge < -0.3 is 26.6 Å². The van der Waals surface area contributed by atoms with Crippen molar-refractivity contribution in [1.82, 2.24) is 0 Å². The molecule has 8 nitrogen and oxygen atoms in total. The minimum atomic E-state index is -4.72. The fraction of sp³-hybridized carbons (Fsp3) is 0.105. The number of methoxy groups -OCH3 is 1. The summed E-state index contributed by atoms with van der Waals surface area (Å²) in [7, 11) is 1.34. The maximum absolute atomic E-state index is 13.1. The van der Waals surface area contributed by atoms with Gasteiger partial charge in [-0.25, -0.2) is 9.79 Å². The molecule has 0 aliphatic carbocycles. The second-order valence-corrected chi connectivity index (χ2v) is 5.89. The van der Waals surface area contributed by atoms with Gasteiger partial charge in [-0.05, 0) is 36.4 Å². The average molecular weight is 422 g/mol. The highest BCUT2D eigenvalue weighted by Crippen LogP contribution is 2.33. The molecule has 1 amide bonds. The molecule has 2 aromatic rings. The summed E-state index contributed by atoms with van der Waals surface area (Å²) in [5.74, 6) is -2.22. The smallest absolute Gasteiger partial charge is 0.416 e. The Morgan fingerprint density at radius 2 is 1.87 bits per heavy atom. The number of benzene rings is 2. The summed E-state index contributed by atoms with van der Waals surface area (Å²) in [5.41, 5.74) is 9.41. The van der Waals surface area contributed by atoms with E-state index in [1.54, 1.807) is 0 Å². The van der Waals surface area contributed by atoms with Gasteiger partial charge in [-0.3, -0.25) is 4.79 Å². The molecular formula is C19H17F3N4O4. The third kappa shape index (κ3) is 5.99. The number of carbonyl (C=O) groups is 2. The van der Waals surface area contributed by atoms with Crippen LogP contribution in [0.5, 0.6) is 5.75 Å². The van der Waals surface area contributed by atoms with Gasteiger partial charge >= 0.3 is 12.1 Å². The summed E-state index contributed by atoms with van der Waals surface area (Å²) in [6, 6.07) is 6.79. The first-order valence-corrected chi connectivity index (χ1v) is 8.22. The normalized spacial score (nSPS) is 11.2. The number of nitrogens with one attached hydrogen (secondary N) is 1. The minimum Gasteiger partial charge on any atom is -0.496 e. The number of nitrogens with zero attached hydrogens (tertiary/aromatic N) is 1. The molecule has 0 unspecified atom stereocenters. The Hall–Kier alpha value is -4.02. The largest absolute Gasteiger partial charge is 0.496 e. The number of rotatable bonds is 6. The van der Waals surface area contributed by atoms with Gasteiger partial charge in [0.1, 0.15) is 5.75 Å². The van der Waals surface area contributed by atoms with Crippen molar-refractivity contribution in [2.24, 2.45) is 16.5 Å². The quantitative estimate of drug-likeness (QED) is 0.321. The number of carboxylic acids is 1. The van der Waals surface area contributed by atoms with Gasteiger partial charge in [-0.2, -0.15) is 13.2 Å². The number of aliphatic carboxylic acids is 1. The van der Waals surface area contributed by atoms with E-state index in [0.717, 1.165) is 12.1 Å². The van der Waals surface area contributed by atoms with Crippen LogP contribution in [0.3, 0.4) is 0 Å². The predicted molar refractivity (Wildman–Crippen MR) is 105 cm³/mol. The number of carbonyl (C=O) groups excluding carboxylic acids is 1. The van der Waals surface area contributed by atoms with Gasteiger partial charge in [-0.15, -0.1) is 0 Å². The first-order valence-electron chi connectivity index (χ1n) is 8.22. The van der Waals surface area contributed by atoms with E-state index >= 15 is 0 Å². The van der Waals surface area contributed by atoms with Crippen LogP contribution in [0.1, 0.15) is 21.5 Å². The molecule has 11 heteroatoms. The lowest BCUT2D eigenvalue weighted by Gasteiger charge is -2.12. The third-order valence-electron chi connectivity index (χ3n) is 3.66. The second-order valence-electron chi connectivity index (χ2n) is 5.89. The van der Waals surface area contributed by atoms with E-state index in [9.17, 15) is 22.8 Å². The number of amides is 1. The minimum absolute atomic E-state index is 0.213. The molecule has 0 aliphatic rings. The van der Waals surface area contributed by atoms with Crippen LogP contribution in [0, 0.1) is 0 Å². The number of hydrogen-bond acceptors (Lipinski definition) is 4. The molecule has 6 N–H and O–H groups in total. The number of alkyl halides is 3. The van der Waals surface area contributed by atoms with Gasteiger partial charge in [0.05, 0.1) is 18.4 Å². The SMILES string of the molecule is COc1cc(NC(=O)c2cc(N=C(N)N)cc(C(F)(F)F)c2)ccc1C=CC(=O)O. The van der Waals surface area contributed by atoms with Crippen LogP contribution in [0.25, 0.3) is 6.08 Å². The third-order valence-corrected chi connectivity index (χ3v) is 3.66. The van der Waals surface area contributed by atoms with Gasteiger partial charge in [0, 0.05) is 29.0 Å². The molecule has 0 aliphatic heterocycles. The van der Waals surface area contributed by atoms with Crippen LogP contribution >= 0.6 is 0 Å². The first-order chi connectivity index (χ1) is 14.0. The maximum Gasteiger partial charge on any atom is 0.416 e. The summed E-state index contributed by atoms with van der Waals surface area (Å²) in [4.78, 5) is 26.7. The van der Waals surface area contributed by atoms with E-state index in [0.29, 0.717) is 17.7 Å². The molecular weight excluding hydrogens is 405 g/mol. The number of carboxylic acid groups (broad SMARTS) is 1. The lowest BCUT2D eigenvalue weighted by Crippen LogP contribution is -2.22. The van der Waals surface area contributed by atoms with E-state index in [1.807, 2.05) is 0 Å². The Balaban J connectivity index is 2.37. The number of nitrogens with two attached hydrogens (primary N) is 2. The maximum atomic E-state index is 13.1. The van der Waals surface area contributed by atoms with Gasteiger partial charge in [0.15, 0.2) is 5.96 Å². The van der Waals surface area contributed by atoms with Gasteiger partial charge in [-0.1, -0.05) is 0 Å². The summed E-state index contributed by atoms with van der Waals surface area (Å²) >= 11 is 0. The zero-order valence-electron chi connectivity index (χ0n) is 15.5. The molecule has 2 rings (SSSR count). The summed E-state index contributed by atoms with van der Waals surface area (Å²) in [6.07, 6.45) is -2.52. The van der Waals surface area contributed by atoms with Crippen molar-refractivity contribution in [3.63, 3.8) is 0 Å². The first kappa shape index (κ1) is 22.3. The van der Waals surface area contributed by atoms with Crippen molar-refractivity contribution >= 4 is 35.3 Å². The van der Waals surface area contributed by atoms with Crippen LogP contribution < -0.4 is 21.5 Å². The number of aliphatic imine (C=N–C) groups is 1. The van der Waals surface area contributed by atoms with E-state index in [1.165, 1.54) is 31.4 Å². The summed E-state index contributed by atoms with van der Waals surface area (Å²) in [6.45, 7) is 0. The molecule has 0 spiro atoms. The number of guanidine groups is 1. The van der Waals surface area contributed by atoms with Gasteiger partial charge in [0.25, 0.3) is 5.91 Å². The topological polar surface area (TPSA) is 140 Å². The molecule has 0 heterocycles. The van der Waals surface area contributed by atoms with E-state index in [4.69, 9.17) is 21.3 Å². The van der Waals surface area contributed by atoms with Crippen molar-refractivity contribution in [1.29, 1.82) is 0 Å². The highest BCUT2D eigenvalue weighted by Gasteiger charge is 2.32. The van der Waals surface area contributed by atoms with E-state index in [-0.39, 0.29) is 22.7 Å². The van der Waals surface area contributed by atoms with Crippen molar-refractivity contribution in [3.8, 4) is 5.75 Å². The van der Waals surface area contributed by atoms with Crippen LogP contribution in [-0.4, -0.2) is 30.1 Å². The molecule has 0 saturated heterocycles. The Labute approximate surface area is 168 Å². The van der Waals surface area contributed by atoms with Crippen LogP contribution in [0.15, 0.2) is 47.5 Å². The van der Waals surface area contributed by atoms with E-state index in [2.05, 4.69) is 10.3 Å². The molecule has 0 bridgehead atoms. The molecule has 0 atom stereocenters. The molecule has 30 heavy (non-hydrogen) atoms. The second kappa shape index (κ2) is 8.99. The highest BCUT2D eigenvalue weighted by atomic mass is 19.4. The number of ether oxygens (including phenoxy) is 1. The van der Waals surface area contributed by atoms with E-state index < -0.39 is 29.6 Å². The summed E-state index contributed by atoms with van der Waals surface area (Å²) < 4.78 is 44.6. The number of anilines is 1. The molecule has 0 aromatic heterocycles. The van der Waals surface area contributed by atoms with Gasteiger partial charge in [0.2, 0.25) is 0 Å². The Bertz CT molecular complexity index is 1030. The molecule has 0 fully saturated rings. The van der Waals surface area contributed by atoms with Crippen LogP contribution in [0.4, 0.5) is 24.5 Å². The fourth-order valence-electron chi connectivity index (χ4n) is 2.41. The fourth-order valence-corrected chi connectivity index (χ4v) is 2.41. The summed E-state index contributed by atoms with van der Waals surface area (Å²) in [5, 5.41) is 11.2. The zero-order chi connectivity index (χ0) is 22.5. The lowest BCUT2D eigenvalue weighted by molar-refractivity contribution is -0.137.